The molecule has 0 aliphatic carbocycles. The lowest BCUT2D eigenvalue weighted by atomic mass is 10.3. The third-order valence-electron chi connectivity index (χ3n) is 2.80. The maximum Gasteiger partial charge on any atom is 0.164 e. The van der Waals surface area contributed by atoms with Crippen LogP contribution >= 0.6 is 59.4 Å². The molecule has 7 heteroatoms. The Kier molecular flexibility index (Phi) is 4.17. The maximum absolute atomic E-state index is 6.04. The Morgan fingerprint density at radius 3 is 2.65 bits per heavy atom. The first kappa shape index (κ1) is 14.5. The van der Waals surface area contributed by atoms with Crippen LogP contribution in [0.3, 0.4) is 0 Å². The Labute approximate surface area is 145 Å². The van der Waals surface area contributed by atoms with E-state index < -0.39 is 0 Å². The summed E-state index contributed by atoms with van der Waals surface area (Å²) in [4.78, 5) is 9.00. The number of pyridine rings is 1. The fourth-order valence-corrected chi connectivity index (χ4v) is 3.26. The Morgan fingerprint density at radius 2 is 1.90 bits per heavy atom. The monoisotopic (exact) mass is 477 g/mol. The predicted octanol–water partition coefficient (Wildman–Crippen LogP) is 5.45. The molecule has 102 valence electrons. The average molecular weight is 480 g/mol. The molecule has 3 nitrogen and oxygen atoms in total. The van der Waals surface area contributed by atoms with Gasteiger partial charge in [-0.05, 0) is 56.1 Å². The zero-order valence-electron chi connectivity index (χ0n) is 9.95. The molecule has 0 atom stereocenters. The summed E-state index contributed by atoms with van der Waals surface area (Å²) in [5.41, 5.74) is 2.54. The summed E-state index contributed by atoms with van der Waals surface area (Å²) in [5, 5.41) is 0. The summed E-state index contributed by atoms with van der Waals surface area (Å²) in [6.45, 7) is 0. The molecule has 1 aromatic carbocycles. The highest BCUT2D eigenvalue weighted by Crippen LogP contribution is 2.30. The Hall–Kier alpha value is -0.430. The number of nitrogens with zero attached hydrogens (tertiary/aromatic N) is 3. The molecule has 0 radical (unpaired) electrons. The zero-order chi connectivity index (χ0) is 14.3. The van der Waals surface area contributed by atoms with Gasteiger partial charge >= 0.3 is 0 Å². The van der Waals surface area contributed by atoms with Crippen molar-refractivity contribution in [2.75, 3.05) is 0 Å². The van der Waals surface area contributed by atoms with Gasteiger partial charge in [0.2, 0.25) is 0 Å². The van der Waals surface area contributed by atoms with Crippen molar-refractivity contribution < 1.29 is 0 Å². The summed E-state index contributed by atoms with van der Waals surface area (Å²) in [7, 11) is 0. The fraction of sp³-hybridized carbons (Fsp3) is 0.0769. The summed E-state index contributed by atoms with van der Waals surface area (Å²) < 4.78 is 4.79. The van der Waals surface area contributed by atoms with Gasteiger partial charge in [0.1, 0.15) is 11.3 Å². The van der Waals surface area contributed by atoms with Crippen molar-refractivity contribution in [2.45, 2.75) is 5.88 Å². The molecule has 2 aromatic heterocycles. The molecule has 0 amide bonds. The van der Waals surface area contributed by atoms with Crippen LogP contribution in [0, 0.1) is 0 Å². The van der Waals surface area contributed by atoms with Crippen LogP contribution in [0.1, 0.15) is 5.82 Å². The first-order valence-electron chi connectivity index (χ1n) is 5.64. The van der Waals surface area contributed by atoms with Crippen molar-refractivity contribution >= 4 is 70.6 Å². The van der Waals surface area contributed by atoms with Crippen LogP contribution in [0.2, 0.25) is 0 Å². The number of alkyl halides is 1. The molecule has 0 fully saturated rings. The smallest absolute Gasteiger partial charge is 0.164 e. The Balaban J connectivity index is 2.37. The van der Waals surface area contributed by atoms with E-state index in [1.807, 2.05) is 28.8 Å². The lowest BCUT2D eigenvalue weighted by Gasteiger charge is -2.10. The van der Waals surface area contributed by atoms with Crippen LogP contribution < -0.4 is 0 Å². The number of rotatable bonds is 2. The van der Waals surface area contributed by atoms with Crippen LogP contribution in [-0.4, -0.2) is 14.5 Å². The normalized spacial score (nSPS) is 11.2. The molecule has 0 saturated heterocycles. The van der Waals surface area contributed by atoms with Crippen LogP contribution in [-0.2, 0) is 5.88 Å². The first-order valence-corrected chi connectivity index (χ1v) is 8.56. The number of hydrogen-bond acceptors (Lipinski definition) is 2. The zero-order valence-corrected chi connectivity index (χ0v) is 15.5. The van der Waals surface area contributed by atoms with E-state index in [1.165, 1.54) is 0 Å². The van der Waals surface area contributed by atoms with Crippen molar-refractivity contribution in [1.82, 2.24) is 14.5 Å². The molecule has 3 aromatic rings. The largest absolute Gasteiger partial charge is 0.279 e. The summed E-state index contributed by atoms with van der Waals surface area (Å²) in [6, 6.07) is 7.88. The molecule has 0 bridgehead atoms. The fourth-order valence-electron chi connectivity index (χ4n) is 1.99. The highest BCUT2D eigenvalue weighted by Gasteiger charge is 2.15. The minimum absolute atomic E-state index is 0.312. The van der Waals surface area contributed by atoms with Gasteiger partial charge in [-0.3, -0.25) is 4.57 Å². The lowest BCUT2D eigenvalue weighted by Crippen LogP contribution is -2.01. The van der Waals surface area contributed by atoms with Gasteiger partial charge in [0.25, 0.3) is 0 Å². The quantitative estimate of drug-likeness (QED) is 0.457. The number of imidazole rings is 1. The molecular weight excluding hydrogens is 473 g/mol. The van der Waals surface area contributed by atoms with Crippen LogP contribution in [0.15, 0.2) is 43.9 Å². The van der Waals surface area contributed by atoms with Gasteiger partial charge in [0.15, 0.2) is 5.65 Å². The number of benzene rings is 1. The summed E-state index contributed by atoms with van der Waals surface area (Å²) in [5.74, 6) is 1.07. The van der Waals surface area contributed by atoms with Gasteiger partial charge in [-0.2, -0.15) is 0 Å². The second kappa shape index (κ2) is 5.75. The highest BCUT2D eigenvalue weighted by atomic mass is 79.9. The average Bonchev–Trinajstić information content (AvgIpc) is 2.78. The molecule has 20 heavy (non-hydrogen) atoms. The Bertz CT molecular complexity index is 801. The van der Waals surface area contributed by atoms with E-state index in [1.54, 1.807) is 6.20 Å². The Morgan fingerprint density at radius 1 is 1.10 bits per heavy atom. The highest BCUT2D eigenvalue weighted by molar-refractivity contribution is 9.11. The summed E-state index contributed by atoms with van der Waals surface area (Å²) in [6.07, 6.45) is 1.75. The van der Waals surface area contributed by atoms with E-state index in [4.69, 9.17) is 11.6 Å². The molecule has 0 spiro atoms. The third kappa shape index (κ3) is 2.54. The second-order valence-electron chi connectivity index (χ2n) is 4.09. The van der Waals surface area contributed by atoms with Crippen LogP contribution in [0.25, 0.3) is 16.9 Å². The van der Waals surface area contributed by atoms with Crippen molar-refractivity contribution in [1.29, 1.82) is 0 Å². The van der Waals surface area contributed by atoms with Gasteiger partial charge in [0, 0.05) is 19.6 Å². The summed E-state index contributed by atoms with van der Waals surface area (Å²) >= 11 is 16.5. The van der Waals surface area contributed by atoms with Gasteiger partial charge in [-0.25, -0.2) is 9.97 Å². The van der Waals surface area contributed by atoms with Gasteiger partial charge in [0.05, 0.1) is 11.6 Å². The molecule has 0 aliphatic rings. The van der Waals surface area contributed by atoms with E-state index >= 15 is 0 Å². The van der Waals surface area contributed by atoms with Crippen LogP contribution in [0.5, 0.6) is 0 Å². The van der Waals surface area contributed by atoms with Gasteiger partial charge in [-0.1, -0.05) is 15.9 Å². The number of fused-ring (bicyclic) bond motifs is 1. The van der Waals surface area contributed by atoms with E-state index in [2.05, 4.69) is 57.8 Å². The van der Waals surface area contributed by atoms with E-state index in [0.717, 1.165) is 36.1 Å². The van der Waals surface area contributed by atoms with Crippen molar-refractivity contribution in [2.24, 2.45) is 0 Å². The standard InChI is InChI=1S/C13H7Br3ClN3/c14-7-1-2-9(16)11(4-7)20-12(5-17)19-10-3-8(15)6-18-13(10)20/h1-4,6H,5H2. The minimum Gasteiger partial charge on any atom is -0.279 e. The van der Waals surface area contributed by atoms with Crippen molar-refractivity contribution in [3.63, 3.8) is 0 Å². The molecular formula is C13H7Br3ClN3. The first-order chi connectivity index (χ1) is 9.60. The molecule has 0 N–H and O–H groups in total. The van der Waals surface area contributed by atoms with Crippen LogP contribution in [0.4, 0.5) is 0 Å². The number of halogens is 4. The molecule has 0 unspecified atom stereocenters. The predicted molar refractivity (Wildman–Crippen MR) is 91.5 cm³/mol. The minimum atomic E-state index is 0.312. The third-order valence-corrected chi connectivity index (χ3v) is 4.64. The second-order valence-corrected chi connectivity index (χ2v) is 7.04. The van der Waals surface area contributed by atoms with Gasteiger partial charge in [-0.15, -0.1) is 11.6 Å². The topological polar surface area (TPSA) is 30.7 Å². The number of aromatic nitrogens is 3. The molecule has 3 rings (SSSR count). The van der Waals surface area contributed by atoms with Crippen molar-refractivity contribution in [3.8, 4) is 5.69 Å². The van der Waals surface area contributed by atoms with E-state index in [0.29, 0.717) is 5.88 Å². The van der Waals surface area contributed by atoms with Crippen molar-refractivity contribution in [3.05, 3.63) is 49.7 Å². The molecule has 0 saturated carbocycles. The molecule has 2 heterocycles. The van der Waals surface area contributed by atoms with E-state index in [-0.39, 0.29) is 0 Å². The lowest BCUT2D eigenvalue weighted by molar-refractivity contribution is 0.964. The SMILES string of the molecule is ClCc1nc2cc(Br)cnc2n1-c1cc(Br)ccc1Br. The molecule has 0 aliphatic heterocycles. The van der Waals surface area contributed by atoms with E-state index in [9.17, 15) is 0 Å². The maximum atomic E-state index is 6.04. The number of hydrogen-bond donors (Lipinski definition) is 0. The van der Waals surface area contributed by atoms with Gasteiger partial charge < -0.3 is 0 Å².